The van der Waals surface area contributed by atoms with Crippen molar-refractivity contribution in [1.82, 2.24) is 0 Å². The van der Waals surface area contributed by atoms with Gasteiger partial charge in [-0.05, 0) is 35.6 Å². The lowest BCUT2D eigenvalue weighted by Crippen LogP contribution is -2.20. The van der Waals surface area contributed by atoms with E-state index in [9.17, 15) is 4.79 Å². The summed E-state index contributed by atoms with van der Waals surface area (Å²) in [5.41, 5.74) is 9.15. The van der Waals surface area contributed by atoms with Crippen molar-refractivity contribution in [3.8, 4) is 0 Å². The van der Waals surface area contributed by atoms with Crippen molar-refractivity contribution in [2.24, 2.45) is 11.7 Å². The normalized spacial score (nSPS) is 20.9. The highest BCUT2D eigenvalue weighted by Gasteiger charge is 2.33. The van der Waals surface area contributed by atoms with Crippen molar-refractivity contribution >= 4 is 23.2 Å². The summed E-state index contributed by atoms with van der Waals surface area (Å²) < 4.78 is 0. The van der Waals surface area contributed by atoms with Gasteiger partial charge >= 0.3 is 0 Å². The summed E-state index contributed by atoms with van der Waals surface area (Å²) >= 11 is 6.20. The summed E-state index contributed by atoms with van der Waals surface area (Å²) in [7, 11) is 0. The molecule has 1 aliphatic heterocycles. The Labute approximate surface area is 119 Å². The molecule has 0 spiro atoms. The summed E-state index contributed by atoms with van der Waals surface area (Å²) in [5.74, 6) is 0.300. The Hall–Kier alpha value is -1.06. The highest BCUT2D eigenvalue weighted by molar-refractivity contribution is 6.31. The molecule has 3 nitrogen and oxygen atoms in total. The van der Waals surface area contributed by atoms with E-state index in [1.54, 1.807) is 0 Å². The van der Waals surface area contributed by atoms with Gasteiger partial charge in [-0.2, -0.15) is 0 Å². The summed E-state index contributed by atoms with van der Waals surface area (Å²) in [6.45, 7) is 6.24. The zero-order valence-corrected chi connectivity index (χ0v) is 12.4. The van der Waals surface area contributed by atoms with E-state index in [0.717, 1.165) is 29.7 Å². The van der Waals surface area contributed by atoms with Crippen LogP contribution in [0.4, 0.5) is 5.69 Å². The van der Waals surface area contributed by atoms with Gasteiger partial charge in [-0.25, -0.2) is 0 Å². The molecule has 1 aliphatic rings. The third-order valence-electron chi connectivity index (χ3n) is 4.13. The molecule has 3 unspecified atom stereocenters. The van der Waals surface area contributed by atoms with Crippen molar-refractivity contribution in [2.75, 3.05) is 5.32 Å². The van der Waals surface area contributed by atoms with Gasteiger partial charge in [0.2, 0.25) is 5.91 Å². The molecule has 0 saturated carbocycles. The minimum Gasteiger partial charge on any atom is -0.325 e. The number of anilines is 1. The maximum absolute atomic E-state index is 12.0. The maximum atomic E-state index is 12.0. The number of rotatable bonds is 4. The first-order valence-electron chi connectivity index (χ1n) is 6.89. The van der Waals surface area contributed by atoms with Crippen LogP contribution in [0.5, 0.6) is 0 Å². The predicted octanol–water partition coefficient (Wildman–Crippen LogP) is 3.83. The van der Waals surface area contributed by atoms with Gasteiger partial charge in [-0.3, -0.25) is 4.79 Å². The number of fused-ring (bicyclic) bond motifs is 1. The van der Waals surface area contributed by atoms with E-state index in [-0.39, 0.29) is 17.9 Å². The smallest absolute Gasteiger partial charge is 0.232 e. The Bertz CT molecular complexity index is 501. The number of hydrogen-bond donors (Lipinski definition) is 2. The fourth-order valence-electron chi connectivity index (χ4n) is 2.65. The largest absolute Gasteiger partial charge is 0.325 e. The molecule has 1 aromatic rings. The molecule has 4 heteroatoms. The number of carbonyl (C=O) groups excluding carboxylic acids is 1. The van der Waals surface area contributed by atoms with E-state index in [4.69, 9.17) is 17.3 Å². The number of nitrogens with two attached hydrogens (primary N) is 1. The summed E-state index contributed by atoms with van der Waals surface area (Å²) in [5, 5.41) is 3.63. The summed E-state index contributed by atoms with van der Waals surface area (Å²) in [6.07, 6.45) is 1.77. The van der Waals surface area contributed by atoms with Gasteiger partial charge in [-0.15, -0.1) is 0 Å². The van der Waals surface area contributed by atoms with Gasteiger partial charge in [0.25, 0.3) is 0 Å². The lowest BCUT2D eigenvalue weighted by atomic mass is 9.89. The van der Waals surface area contributed by atoms with Crippen LogP contribution in [0.2, 0.25) is 5.02 Å². The van der Waals surface area contributed by atoms with Crippen LogP contribution in [-0.4, -0.2) is 5.91 Å². The zero-order chi connectivity index (χ0) is 14.2. The Morgan fingerprint density at radius 1 is 1.42 bits per heavy atom. The van der Waals surface area contributed by atoms with E-state index in [0.29, 0.717) is 10.9 Å². The van der Waals surface area contributed by atoms with E-state index in [1.165, 1.54) is 0 Å². The molecule has 1 aromatic carbocycles. The van der Waals surface area contributed by atoms with Gasteiger partial charge in [0.1, 0.15) is 0 Å². The van der Waals surface area contributed by atoms with E-state index < -0.39 is 0 Å². The van der Waals surface area contributed by atoms with Gasteiger partial charge in [-0.1, -0.05) is 38.8 Å². The number of hydrogen-bond acceptors (Lipinski definition) is 2. The second-order valence-corrected chi connectivity index (χ2v) is 5.76. The third-order valence-corrected chi connectivity index (χ3v) is 4.35. The maximum Gasteiger partial charge on any atom is 0.232 e. The Morgan fingerprint density at radius 2 is 2.11 bits per heavy atom. The molecule has 1 amide bonds. The van der Waals surface area contributed by atoms with Crippen LogP contribution in [0.1, 0.15) is 56.7 Å². The molecular weight excluding hydrogens is 260 g/mol. The third kappa shape index (κ3) is 2.49. The molecule has 0 bridgehead atoms. The standard InChI is InChI=1S/C15H21ClN2O/c1-4-8(3)13(17)12-7-9(16)6-11-10(5-2)15(19)18-14(11)12/h6-8,10,13H,4-5,17H2,1-3H3,(H,18,19). The molecule has 0 aromatic heterocycles. The fourth-order valence-corrected chi connectivity index (χ4v) is 2.88. The Balaban J connectivity index is 2.50. The van der Waals surface area contributed by atoms with Crippen molar-refractivity contribution in [1.29, 1.82) is 0 Å². The molecule has 104 valence electrons. The highest BCUT2D eigenvalue weighted by atomic mass is 35.5. The number of amides is 1. The van der Waals surface area contributed by atoms with Crippen LogP contribution in [0.15, 0.2) is 12.1 Å². The first kappa shape index (κ1) is 14.4. The molecule has 2 rings (SSSR count). The molecule has 0 radical (unpaired) electrons. The number of nitrogens with one attached hydrogen (secondary N) is 1. The molecule has 3 atom stereocenters. The van der Waals surface area contributed by atoms with Gasteiger partial charge < -0.3 is 11.1 Å². The minimum atomic E-state index is -0.103. The molecule has 19 heavy (non-hydrogen) atoms. The highest BCUT2D eigenvalue weighted by Crippen LogP contribution is 2.42. The number of benzene rings is 1. The number of halogens is 1. The molecular formula is C15H21ClN2O. The van der Waals surface area contributed by atoms with Crippen LogP contribution in [0.25, 0.3) is 0 Å². The summed E-state index contributed by atoms with van der Waals surface area (Å²) in [4.78, 5) is 12.0. The van der Waals surface area contributed by atoms with Crippen LogP contribution >= 0.6 is 11.6 Å². The Morgan fingerprint density at radius 3 is 2.68 bits per heavy atom. The minimum absolute atomic E-state index is 0.0531. The van der Waals surface area contributed by atoms with Gasteiger partial charge in [0.15, 0.2) is 0 Å². The van der Waals surface area contributed by atoms with Gasteiger partial charge in [0.05, 0.1) is 5.92 Å². The first-order valence-corrected chi connectivity index (χ1v) is 7.27. The van der Waals surface area contributed by atoms with Crippen LogP contribution in [0, 0.1) is 5.92 Å². The molecule has 1 heterocycles. The van der Waals surface area contributed by atoms with Crippen molar-refractivity contribution < 1.29 is 4.79 Å². The molecule has 0 fully saturated rings. The molecule has 3 N–H and O–H groups in total. The molecule has 0 saturated heterocycles. The van der Waals surface area contributed by atoms with E-state index in [2.05, 4.69) is 19.2 Å². The van der Waals surface area contributed by atoms with Crippen LogP contribution in [-0.2, 0) is 4.79 Å². The van der Waals surface area contributed by atoms with Crippen LogP contribution in [0.3, 0.4) is 0 Å². The fraction of sp³-hybridized carbons (Fsp3) is 0.533. The molecule has 0 aliphatic carbocycles. The van der Waals surface area contributed by atoms with E-state index >= 15 is 0 Å². The second kappa shape index (κ2) is 5.51. The Kier molecular flexibility index (Phi) is 4.16. The SMILES string of the molecule is CCC1C(=O)Nc2c1cc(Cl)cc2C(N)C(C)CC. The monoisotopic (exact) mass is 280 g/mol. The van der Waals surface area contributed by atoms with Crippen molar-refractivity contribution in [3.63, 3.8) is 0 Å². The lowest BCUT2D eigenvalue weighted by molar-refractivity contribution is -0.117. The first-order chi connectivity index (χ1) is 8.99. The average molecular weight is 281 g/mol. The lowest BCUT2D eigenvalue weighted by Gasteiger charge is -2.22. The quantitative estimate of drug-likeness (QED) is 0.881. The predicted molar refractivity (Wildman–Crippen MR) is 79.5 cm³/mol. The van der Waals surface area contributed by atoms with E-state index in [1.807, 2.05) is 19.1 Å². The van der Waals surface area contributed by atoms with Gasteiger partial charge in [0, 0.05) is 16.8 Å². The number of carbonyl (C=O) groups is 1. The average Bonchev–Trinajstić information content (AvgIpc) is 2.71. The van der Waals surface area contributed by atoms with Crippen molar-refractivity contribution in [3.05, 3.63) is 28.3 Å². The zero-order valence-electron chi connectivity index (χ0n) is 11.7. The van der Waals surface area contributed by atoms with Crippen molar-refractivity contribution in [2.45, 2.75) is 45.6 Å². The van der Waals surface area contributed by atoms with Crippen LogP contribution < -0.4 is 11.1 Å². The summed E-state index contributed by atoms with van der Waals surface area (Å²) in [6, 6.07) is 3.67. The second-order valence-electron chi connectivity index (χ2n) is 5.32. The topological polar surface area (TPSA) is 55.1 Å².